The Morgan fingerprint density at radius 3 is 1.27 bits per heavy atom. The SMILES string of the molecule is CCc1ccc(CCN(C)[C@H](C(=O)OCc2ccccc2)C(C)C)cc1.CNc1ccc(CCN(C)[C@H](C(=O)OCc2ccccc2)C(C)C)cc1. The van der Waals surface area contributed by atoms with Crippen LogP contribution in [0, 0.1) is 11.8 Å². The zero-order valence-electron chi connectivity index (χ0n) is 32.7. The van der Waals surface area contributed by atoms with Crippen LogP contribution >= 0.6 is 0 Å². The molecule has 4 aromatic carbocycles. The van der Waals surface area contributed by atoms with Crippen molar-refractivity contribution < 1.29 is 19.1 Å². The van der Waals surface area contributed by atoms with E-state index in [0.717, 1.165) is 49.2 Å². The fourth-order valence-electron chi connectivity index (χ4n) is 6.22. The highest BCUT2D eigenvalue weighted by atomic mass is 16.5. The van der Waals surface area contributed by atoms with E-state index in [9.17, 15) is 9.59 Å². The molecule has 0 aliphatic carbocycles. The second kappa shape index (κ2) is 22.5. The van der Waals surface area contributed by atoms with Gasteiger partial charge >= 0.3 is 11.9 Å². The fourth-order valence-corrected chi connectivity index (χ4v) is 6.22. The van der Waals surface area contributed by atoms with Crippen LogP contribution in [0.25, 0.3) is 0 Å². The largest absolute Gasteiger partial charge is 0.460 e. The zero-order valence-corrected chi connectivity index (χ0v) is 32.7. The first-order valence-electron chi connectivity index (χ1n) is 18.7. The first kappa shape index (κ1) is 42.0. The molecule has 0 spiro atoms. The van der Waals surface area contributed by atoms with Crippen molar-refractivity contribution in [3.63, 3.8) is 0 Å². The minimum Gasteiger partial charge on any atom is -0.460 e. The van der Waals surface area contributed by atoms with Gasteiger partial charge in [-0.15, -0.1) is 0 Å². The van der Waals surface area contributed by atoms with Crippen molar-refractivity contribution in [2.45, 2.75) is 79.2 Å². The monoisotopic (exact) mass is 707 g/mol. The molecule has 4 aromatic rings. The Hall–Kier alpha value is -4.46. The summed E-state index contributed by atoms with van der Waals surface area (Å²) in [6.07, 6.45) is 2.88. The Morgan fingerprint density at radius 2 is 0.923 bits per heavy atom. The van der Waals surface area contributed by atoms with E-state index in [1.807, 2.05) is 81.8 Å². The number of ether oxygens (including phenoxy) is 2. The lowest BCUT2D eigenvalue weighted by molar-refractivity contribution is -0.153. The van der Waals surface area contributed by atoms with Gasteiger partial charge in [0, 0.05) is 25.8 Å². The summed E-state index contributed by atoms with van der Waals surface area (Å²) in [7, 11) is 5.92. The first-order chi connectivity index (χ1) is 25.0. The normalized spacial score (nSPS) is 12.3. The molecule has 1 N–H and O–H groups in total. The van der Waals surface area contributed by atoms with Crippen molar-refractivity contribution in [2.24, 2.45) is 11.8 Å². The van der Waals surface area contributed by atoms with E-state index in [1.54, 1.807) is 0 Å². The van der Waals surface area contributed by atoms with E-state index in [0.29, 0.717) is 13.2 Å². The summed E-state index contributed by atoms with van der Waals surface area (Å²) in [5, 5.41) is 3.12. The second-order valence-electron chi connectivity index (χ2n) is 14.1. The molecule has 2 atom stereocenters. The highest BCUT2D eigenvalue weighted by Crippen LogP contribution is 2.17. The third-order valence-corrected chi connectivity index (χ3v) is 9.32. The number of esters is 2. The fraction of sp³-hybridized carbons (Fsp3) is 0.422. The molecule has 7 nitrogen and oxygen atoms in total. The number of carbonyl (C=O) groups excluding carboxylic acids is 2. The van der Waals surface area contributed by atoms with Crippen molar-refractivity contribution in [1.29, 1.82) is 0 Å². The lowest BCUT2D eigenvalue weighted by Gasteiger charge is -2.29. The van der Waals surface area contributed by atoms with Crippen LogP contribution in [0.1, 0.15) is 62.4 Å². The Morgan fingerprint density at radius 1 is 0.558 bits per heavy atom. The Balaban J connectivity index is 0.000000280. The maximum atomic E-state index is 12.6. The van der Waals surface area contributed by atoms with Gasteiger partial charge in [-0.3, -0.25) is 19.4 Å². The first-order valence-corrected chi connectivity index (χ1v) is 18.7. The third-order valence-electron chi connectivity index (χ3n) is 9.32. The topological polar surface area (TPSA) is 71.1 Å². The van der Waals surface area contributed by atoms with Crippen LogP contribution in [0.3, 0.4) is 0 Å². The Bertz CT molecular complexity index is 1450. The number of hydrogen-bond acceptors (Lipinski definition) is 7. The van der Waals surface area contributed by atoms with Gasteiger partial charge in [0.05, 0.1) is 0 Å². The van der Waals surface area contributed by atoms with Gasteiger partial charge in [-0.25, -0.2) is 0 Å². The molecule has 0 amide bonds. The summed E-state index contributed by atoms with van der Waals surface area (Å²) in [5.74, 6) is 0.0882. The van der Waals surface area contributed by atoms with Gasteiger partial charge in [-0.2, -0.15) is 0 Å². The number of likely N-dealkylation sites (N-methyl/N-ethyl adjacent to an activating group) is 2. The van der Waals surface area contributed by atoms with Crippen LogP contribution in [0.5, 0.6) is 0 Å². The molecular weight excluding hydrogens is 647 g/mol. The predicted molar refractivity (Wildman–Crippen MR) is 214 cm³/mol. The van der Waals surface area contributed by atoms with Crippen LogP contribution in [0.15, 0.2) is 109 Å². The molecule has 0 aliphatic rings. The number of carbonyl (C=O) groups is 2. The van der Waals surface area contributed by atoms with Gasteiger partial charge in [-0.05, 0) is 85.1 Å². The average Bonchev–Trinajstić information content (AvgIpc) is 3.16. The molecule has 0 unspecified atom stereocenters. The maximum Gasteiger partial charge on any atom is 0.323 e. The maximum absolute atomic E-state index is 12.6. The highest BCUT2D eigenvalue weighted by Gasteiger charge is 2.29. The number of nitrogens with zero attached hydrogens (tertiary/aromatic N) is 2. The number of hydrogen-bond donors (Lipinski definition) is 1. The van der Waals surface area contributed by atoms with Crippen LogP contribution in [0.4, 0.5) is 5.69 Å². The van der Waals surface area contributed by atoms with Gasteiger partial charge in [0.25, 0.3) is 0 Å². The van der Waals surface area contributed by atoms with Crippen molar-refractivity contribution in [3.8, 4) is 0 Å². The van der Waals surface area contributed by atoms with Crippen molar-refractivity contribution in [2.75, 3.05) is 39.5 Å². The molecule has 52 heavy (non-hydrogen) atoms. The molecule has 280 valence electrons. The molecule has 0 bridgehead atoms. The van der Waals surface area contributed by atoms with Gasteiger partial charge in [-0.1, -0.05) is 132 Å². The number of nitrogens with one attached hydrogen (secondary N) is 1. The van der Waals surface area contributed by atoms with Crippen molar-refractivity contribution >= 4 is 17.6 Å². The zero-order chi connectivity index (χ0) is 37.9. The average molecular weight is 708 g/mol. The Labute approximate surface area is 313 Å². The van der Waals surface area contributed by atoms with Crippen molar-refractivity contribution in [1.82, 2.24) is 9.80 Å². The Kier molecular flexibility index (Phi) is 18.1. The number of anilines is 1. The molecule has 4 rings (SSSR count). The number of benzene rings is 4. The second-order valence-corrected chi connectivity index (χ2v) is 14.1. The lowest BCUT2D eigenvalue weighted by Crippen LogP contribution is -2.44. The molecule has 0 aromatic heterocycles. The van der Waals surface area contributed by atoms with Crippen LogP contribution in [-0.2, 0) is 51.5 Å². The standard InChI is InChI=1S/C23H31NO2.C22H30N2O2/c1-5-19-11-13-20(14-12-19)15-16-24(4)22(18(2)3)23(25)26-17-21-9-7-6-8-10-21;1-17(2)21(22(25)26-16-19-8-6-5-7-9-19)24(4)15-14-18-10-12-20(23-3)13-11-18/h6-14,18,22H,5,15-17H2,1-4H3;5-13,17,21,23H,14-16H2,1-4H3/t22-;21-/m00/s1. The summed E-state index contributed by atoms with van der Waals surface area (Å²) in [6, 6.07) is 36.3. The van der Waals surface area contributed by atoms with E-state index in [1.165, 1.54) is 16.7 Å². The number of aryl methyl sites for hydroxylation is 1. The summed E-state index contributed by atoms with van der Waals surface area (Å²) in [4.78, 5) is 29.5. The van der Waals surface area contributed by atoms with Gasteiger partial charge in [0.1, 0.15) is 25.3 Å². The summed E-state index contributed by atoms with van der Waals surface area (Å²) in [5.41, 5.74) is 7.04. The minimum absolute atomic E-state index is 0.146. The van der Waals surface area contributed by atoms with Gasteiger partial charge in [0.15, 0.2) is 0 Å². The van der Waals surface area contributed by atoms with Gasteiger partial charge in [0.2, 0.25) is 0 Å². The van der Waals surface area contributed by atoms with Gasteiger partial charge < -0.3 is 14.8 Å². The smallest absolute Gasteiger partial charge is 0.323 e. The number of rotatable bonds is 18. The summed E-state index contributed by atoms with van der Waals surface area (Å²) >= 11 is 0. The van der Waals surface area contributed by atoms with Crippen LogP contribution < -0.4 is 5.32 Å². The summed E-state index contributed by atoms with van der Waals surface area (Å²) < 4.78 is 11.1. The summed E-state index contributed by atoms with van der Waals surface area (Å²) in [6.45, 7) is 12.7. The van der Waals surface area contributed by atoms with E-state index in [4.69, 9.17) is 9.47 Å². The molecule has 0 radical (unpaired) electrons. The lowest BCUT2D eigenvalue weighted by atomic mass is 10.0. The molecule has 0 heterocycles. The van der Waals surface area contributed by atoms with Crippen LogP contribution in [-0.4, -0.2) is 68.1 Å². The van der Waals surface area contributed by atoms with E-state index >= 15 is 0 Å². The minimum atomic E-state index is -0.240. The van der Waals surface area contributed by atoms with E-state index in [2.05, 4.69) is 98.3 Å². The third kappa shape index (κ3) is 14.3. The van der Waals surface area contributed by atoms with E-state index < -0.39 is 0 Å². The molecule has 0 aliphatic heterocycles. The molecular formula is C45H61N3O4. The van der Waals surface area contributed by atoms with Crippen molar-refractivity contribution in [3.05, 3.63) is 137 Å². The molecule has 0 fully saturated rings. The molecule has 7 heteroatoms. The van der Waals surface area contributed by atoms with Crippen LogP contribution in [0.2, 0.25) is 0 Å². The highest BCUT2D eigenvalue weighted by molar-refractivity contribution is 5.76. The molecule has 0 saturated heterocycles. The molecule has 0 saturated carbocycles. The quantitative estimate of drug-likeness (QED) is 0.104. The predicted octanol–water partition coefficient (Wildman–Crippen LogP) is 8.46. The van der Waals surface area contributed by atoms with E-state index in [-0.39, 0.29) is 35.9 Å².